The Kier molecular flexibility index (Phi) is 6.13. The lowest BCUT2D eigenvalue weighted by Crippen LogP contribution is -2.22. The first-order chi connectivity index (χ1) is 6.28. The smallest absolute Gasteiger partial charge is 0.221 e. The van der Waals surface area contributed by atoms with Gasteiger partial charge in [-0.1, -0.05) is 0 Å². The number of hydrogen-bond acceptors (Lipinski definition) is 3. The molecule has 0 aliphatic carbocycles. The molecule has 0 saturated heterocycles. The van der Waals surface area contributed by atoms with E-state index in [4.69, 9.17) is 5.73 Å². The average Bonchev–Trinajstić information content (AvgIpc) is 2.16. The summed E-state index contributed by atoms with van der Waals surface area (Å²) in [7, 11) is 1.66. The van der Waals surface area contributed by atoms with E-state index in [1.807, 2.05) is 6.92 Å². The first kappa shape index (κ1) is 11.4. The van der Waals surface area contributed by atoms with E-state index in [1.54, 1.807) is 13.3 Å². The molecule has 5 heteroatoms. The second-order valence-electron chi connectivity index (χ2n) is 2.09. The Morgan fingerprint density at radius 1 is 1.62 bits per heavy atom. The SMILES string of the molecule is C=NC(=NCC)NC(C=NC)=CN. The summed E-state index contributed by atoms with van der Waals surface area (Å²) in [6, 6.07) is 0. The second-order valence-corrected chi connectivity index (χ2v) is 2.09. The van der Waals surface area contributed by atoms with Gasteiger partial charge >= 0.3 is 0 Å². The molecule has 72 valence electrons. The minimum atomic E-state index is 0.444. The standard InChI is InChI=1S/C8H15N5/c1-4-12-8(11-3)13-7(5-9)6-10-2/h5-6H,3-4,9H2,1-2H3,(H,12,13). The summed E-state index contributed by atoms with van der Waals surface area (Å²) in [4.78, 5) is 11.5. The van der Waals surface area contributed by atoms with Crippen molar-refractivity contribution in [2.45, 2.75) is 6.92 Å². The Hall–Kier alpha value is -1.65. The van der Waals surface area contributed by atoms with Crippen molar-refractivity contribution in [3.8, 4) is 0 Å². The van der Waals surface area contributed by atoms with Crippen molar-refractivity contribution in [2.24, 2.45) is 20.7 Å². The third-order valence-corrected chi connectivity index (χ3v) is 1.16. The van der Waals surface area contributed by atoms with Crippen molar-refractivity contribution in [1.29, 1.82) is 0 Å². The lowest BCUT2D eigenvalue weighted by molar-refractivity contribution is 1.06. The van der Waals surface area contributed by atoms with Crippen molar-refractivity contribution < 1.29 is 0 Å². The van der Waals surface area contributed by atoms with Crippen LogP contribution in [-0.2, 0) is 0 Å². The third kappa shape index (κ3) is 4.73. The molecule has 0 heterocycles. The van der Waals surface area contributed by atoms with E-state index in [9.17, 15) is 0 Å². The zero-order valence-electron chi connectivity index (χ0n) is 7.99. The number of hydrogen-bond donors (Lipinski definition) is 2. The molecule has 0 aromatic rings. The highest BCUT2D eigenvalue weighted by Crippen LogP contribution is 1.84. The van der Waals surface area contributed by atoms with Gasteiger partial charge in [-0.25, -0.2) is 4.99 Å². The number of nitrogens with one attached hydrogen (secondary N) is 1. The average molecular weight is 181 g/mol. The maximum Gasteiger partial charge on any atom is 0.221 e. The Labute approximate surface area is 78.2 Å². The lowest BCUT2D eigenvalue weighted by Gasteiger charge is -2.03. The van der Waals surface area contributed by atoms with E-state index >= 15 is 0 Å². The van der Waals surface area contributed by atoms with E-state index in [-0.39, 0.29) is 0 Å². The van der Waals surface area contributed by atoms with Crippen LogP contribution in [0.3, 0.4) is 0 Å². The van der Waals surface area contributed by atoms with Crippen LogP contribution in [0.4, 0.5) is 0 Å². The molecule has 0 radical (unpaired) electrons. The number of rotatable bonds is 3. The molecule has 0 aromatic heterocycles. The summed E-state index contributed by atoms with van der Waals surface area (Å²) in [6.45, 7) is 5.92. The van der Waals surface area contributed by atoms with Gasteiger partial charge in [0.1, 0.15) is 0 Å². The predicted octanol–water partition coefficient (Wildman–Crippen LogP) is 0.153. The number of guanidine groups is 1. The van der Waals surface area contributed by atoms with Gasteiger partial charge in [0.05, 0.1) is 5.70 Å². The number of nitrogens with two attached hydrogens (primary N) is 1. The van der Waals surface area contributed by atoms with Gasteiger partial charge in [-0.3, -0.25) is 9.98 Å². The topological polar surface area (TPSA) is 75.1 Å². The molecule has 0 rings (SSSR count). The van der Waals surface area contributed by atoms with E-state index < -0.39 is 0 Å². The van der Waals surface area contributed by atoms with E-state index in [2.05, 4.69) is 27.0 Å². The number of nitrogens with zero attached hydrogens (tertiary/aromatic N) is 3. The van der Waals surface area contributed by atoms with Crippen LogP contribution in [0.15, 0.2) is 26.9 Å². The van der Waals surface area contributed by atoms with Gasteiger partial charge in [0.25, 0.3) is 0 Å². The fraction of sp³-hybridized carbons (Fsp3) is 0.375. The van der Waals surface area contributed by atoms with E-state index in [1.165, 1.54) is 6.20 Å². The Morgan fingerprint density at radius 2 is 2.31 bits per heavy atom. The number of allylic oxidation sites excluding steroid dienone is 1. The van der Waals surface area contributed by atoms with Crippen LogP contribution in [0.5, 0.6) is 0 Å². The van der Waals surface area contributed by atoms with Crippen LogP contribution in [0, 0.1) is 0 Å². The monoisotopic (exact) mass is 181 g/mol. The zero-order chi connectivity index (χ0) is 10.1. The van der Waals surface area contributed by atoms with Crippen molar-refractivity contribution in [1.82, 2.24) is 5.32 Å². The van der Waals surface area contributed by atoms with Crippen LogP contribution < -0.4 is 11.1 Å². The van der Waals surface area contributed by atoms with Crippen molar-refractivity contribution in [3.63, 3.8) is 0 Å². The molecule has 0 unspecified atom stereocenters. The minimum Gasteiger partial charge on any atom is -0.403 e. The van der Waals surface area contributed by atoms with Gasteiger partial charge in [0, 0.05) is 26.0 Å². The highest BCUT2D eigenvalue weighted by atomic mass is 15.1. The van der Waals surface area contributed by atoms with Gasteiger partial charge in [0.2, 0.25) is 5.96 Å². The summed E-state index contributed by atoms with van der Waals surface area (Å²) in [5.74, 6) is 0.444. The van der Waals surface area contributed by atoms with Gasteiger partial charge in [-0.15, -0.1) is 0 Å². The van der Waals surface area contributed by atoms with Gasteiger partial charge in [-0.05, 0) is 13.6 Å². The number of aliphatic imine (C=N–C) groups is 3. The van der Waals surface area contributed by atoms with Gasteiger partial charge < -0.3 is 11.1 Å². The first-order valence-corrected chi connectivity index (χ1v) is 3.90. The molecule has 3 N–H and O–H groups in total. The van der Waals surface area contributed by atoms with Crippen LogP contribution in [0.25, 0.3) is 0 Å². The molecule has 0 amide bonds. The van der Waals surface area contributed by atoms with Crippen molar-refractivity contribution in [3.05, 3.63) is 11.9 Å². The lowest BCUT2D eigenvalue weighted by atomic mass is 10.5. The van der Waals surface area contributed by atoms with Crippen molar-refractivity contribution >= 4 is 18.9 Å². The largest absolute Gasteiger partial charge is 0.403 e. The van der Waals surface area contributed by atoms with E-state index in [0.29, 0.717) is 18.2 Å². The van der Waals surface area contributed by atoms with Crippen LogP contribution >= 0.6 is 0 Å². The normalized spacial score (nSPS) is 13.4. The first-order valence-electron chi connectivity index (χ1n) is 3.90. The third-order valence-electron chi connectivity index (χ3n) is 1.16. The summed E-state index contributed by atoms with van der Waals surface area (Å²) >= 11 is 0. The quantitative estimate of drug-likeness (QED) is 0.480. The molecule has 0 spiro atoms. The molecule has 13 heavy (non-hydrogen) atoms. The molecular formula is C8H15N5. The molecule has 0 fully saturated rings. The molecular weight excluding hydrogens is 166 g/mol. The summed E-state index contributed by atoms with van der Waals surface area (Å²) < 4.78 is 0. The van der Waals surface area contributed by atoms with E-state index in [0.717, 1.165) is 0 Å². The maximum atomic E-state index is 5.33. The second kappa shape index (κ2) is 7.02. The molecule has 0 saturated carbocycles. The molecule has 0 atom stereocenters. The van der Waals surface area contributed by atoms with Gasteiger partial charge in [0.15, 0.2) is 0 Å². The van der Waals surface area contributed by atoms with Gasteiger partial charge in [-0.2, -0.15) is 0 Å². The fourth-order valence-electron chi connectivity index (χ4n) is 0.664. The Balaban J connectivity index is 4.38. The van der Waals surface area contributed by atoms with Crippen molar-refractivity contribution in [2.75, 3.05) is 13.6 Å². The molecule has 0 aliphatic heterocycles. The maximum absolute atomic E-state index is 5.33. The highest BCUT2D eigenvalue weighted by molar-refractivity contribution is 5.91. The predicted molar refractivity (Wildman–Crippen MR) is 57.3 cm³/mol. The fourth-order valence-corrected chi connectivity index (χ4v) is 0.664. The summed E-state index contributed by atoms with van der Waals surface area (Å²) in [6.07, 6.45) is 2.97. The van der Waals surface area contributed by atoms with Crippen LogP contribution in [0.1, 0.15) is 6.92 Å². The minimum absolute atomic E-state index is 0.444. The summed E-state index contributed by atoms with van der Waals surface area (Å²) in [5.41, 5.74) is 5.97. The molecule has 5 nitrogen and oxygen atoms in total. The Morgan fingerprint density at radius 3 is 2.69 bits per heavy atom. The molecule has 0 bridgehead atoms. The van der Waals surface area contributed by atoms with Crippen LogP contribution in [-0.4, -0.2) is 32.5 Å². The summed E-state index contributed by atoms with van der Waals surface area (Å²) in [5, 5.41) is 2.86. The molecule has 0 aliphatic rings. The Bertz CT molecular complexity index is 239. The molecule has 0 aromatic carbocycles. The highest BCUT2D eigenvalue weighted by Gasteiger charge is 1.95. The zero-order valence-corrected chi connectivity index (χ0v) is 7.99. The van der Waals surface area contributed by atoms with Crippen LogP contribution in [0.2, 0.25) is 0 Å².